The highest BCUT2D eigenvalue weighted by Crippen LogP contribution is 2.18. The van der Waals surface area contributed by atoms with E-state index in [1.54, 1.807) is 24.3 Å². The van der Waals surface area contributed by atoms with E-state index in [9.17, 15) is 9.59 Å². The Kier molecular flexibility index (Phi) is 5.85. The Morgan fingerprint density at radius 3 is 2.70 bits per heavy atom. The lowest BCUT2D eigenvalue weighted by Crippen LogP contribution is -2.16. The number of aromatic nitrogens is 3. The maximum Gasteiger partial charge on any atom is 0.275 e. The Morgan fingerprint density at radius 2 is 2.04 bits per heavy atom. The first-order chi connectivity index (χ1) is 12.9. The summed E-state index contributed by atoms with van der Waals surface area (Å²) in [5.41, 5.74) is 1.07. The van der Waals surface area contributed by atoms with Gasteiger partial charge in [0.1, 0.15) is 17.4 Å². The van der Waals surface area contributed by atoms with Gasteiger partial charge in [0, 0.05) is 18.2 Å². The molecule has 2 aromatic heterocycles. The number of nitrogens with zero attached hydrogens (tertiary/aromatic N) is 3. The van der Waals surface area contributed by atoms with Gasteiger partial charge in [-0.05, 0) is 36.6 Å². The Hall–Kier alpha value is -2.74. The summed E-state index contributed by atoms with van der Waals surface area (Å²) < 4.78 is 7.04. The van der Waals surface area contributed by atoms with Gasteiger partial charge < -0.3 is 10.1 Å². The zero-order chi connectivity index (χ0) is 19.4. The highest BCUT2D eigenvalue weighted by atomic mass is 32.1. The van der Waals surface area contributed by atoms with Crippen LogP contribution in [0.1, 0.15) is 37.9 Å². The van der Waals surface area contributed by atoms with Crippen molar-refractivity contribution in [2.75, 3.05) is 5.32 Å². The standard InChI is InChI=1S/C19H22N4O3S/c1-4-17-22-23-18(25)10-14(21-19(23)27-17)11-26-15-7-5-13(6-8-15)20-16(24)9-12(2)3/h5-8,10,12H,4,9,11H2,1-3H3,(H,20,24). The van der Waals surface area contributed by atoms with Crippen LogP contribution in [0.3, 0.4) is 0 Å². The molecule has 0 fully saturated rings. The lowest BCUT2D eigenvalue weighted by molar-refractivity contribution is -0.116. The van der Waals surface area contributed by atoms with Crippen molar-refractivity contribution in [1.82, 2.24) is 14.6 Å². The molecule has 2 heterocycles. The Bertz CT molecular complexity index is 992. The Balaban J connectivity index is 1.64. The van der Waals surface area contributed by atoms with Gasteiger partial charge in [0.2, 0.25) is 10.9 Å². The number of nitrogens with one attached hydrogen (secondary N) is 1. The van der Waals surface area contributed by atoms with E-state index in [0.717, 1.165) is 17.1 Å². The van der Waals surface area contributed by atoms with E-state index in [2.05, 4.69) is 15.4 Å². The summed E-state index contributed by atoms with van der Waals surface area (Å²) >= 11 is 1.40. The van der Waals surface area contributed by atoms with Crippen LogP contribution in [0.25, 0.3) is 4.96 Å². The third-order valence-electron chi connectivity index (χ3n) is 3.76. The Morgan fingerprint density at radius 1 is 1.30 bits per heavy atom. The maximum absolute atomic E-state index is 12.1. The molecule has 0 aliphatic carbocycles. The molecule has 7 nitrogen and oxygen atoms in total. The van der Waals surface area contributed by atoms with Gasteiger partial charge in [-0.25, -0.2) is 4.98 Å². The van der Waals surface area contributed by atoms with Gasteiger partial charge >= 0.3 is 0 Å². The number of anilines is 1. The van der Waals surface area contributed by atoms with Crippen molar-refractivity contribution in [2.45, 2.75) is 40.2 Å². The third kappa shape index (κ3) is 4.91. The summed E-state index contributed by atoms with van der Waals surface area (Å²) in [5.74, 6) is 0.943. The second-order valence-corrected chi connectivity index (χ2v) is 7.63. The minimum atomic E-state index is -0.210. The molecule has 0 atom stereocenters. The average molecular weight is 386 g/mol. The number of hydrogen-bond donors (Lipinski definition) is 1. The van der Waals surface area contributed by atoms with Crippen molar-refractivity contribution in [1.29, 1.82) is 0 Å². The molecule has 0 unspecified atom stereocenters. The molecule has 0 saturated heterocycles. The molecule has 0 bridgehead atoms. The average Bonchev–Trinajstić information content (AvgIpc) is 3.04. The number of rotatable bonds is 7. The summed E-state index contributed by atoms with van der Waals surface area (Å²) in [5, 5.41) is 7.95. The fourth-order valence-electron chi connectivity index (χ4n) is 2.49. The van der Waals surface area contributed by atoms with E-state index in [1.165, 1.54) is 21.9 Å². The predicted octanol–water partition coefficient (Wildman–Crippen LogP) is 3.28. The first-order valence-corrected chi connectivity index (χ1v) is 9.67. The van der Waals surface area contributed by atoms with Crippen LogP contribution in [0.5, 0.6) is 5.75 Å². The number of amides is 1. The van der Waals surface area contributed by atoms with E-state index in [1.807, 2.05) is 20.8 Å². The van der Waals surface area contributed by atoms with Gasteiger partial charge in [-0.3, -0.25) is 9.59 Å². The van der Waals surface area contributed by atoms with Gasteiger partial charge in [-0.2, -0.15) is 9.61 Å². The fourth-order valence-corrected chi connectivity index (χ4v) is 3.34. The molecule has 0 aliphatic rings. The quantitative estimate of drug-likeness (QED) is 0.673. The molecule has 1 N–H and O–H groups in total. The summed E-state index contributed by atoms with van der Waals surface area (Å²) in [7, 11) is 0. The van der Waals surface area contributed by atoms with Crippen LogP contribution in [0.2, 0.25) is 0 Å². The van der Waals surface area contributed by atoms with E-state index in [4.69, 9.17) is 4.74 Å². The van der Waals surface area contributed by atoms with E-state index < -0.39 is 0 Å². The van der Waals surface area contributed by atoms with Crippen LogP contribution >= 0.6 is 11.3 Å². The number of ether oxygens (including phenoxy) is 1. The number of fused-ring (bicyclic) bond motifs is 1. The van der Waals surface area contributed by atoms with Gasteiger partial charge in [-0.1, -0.05) is 32.1 Å². The van der Waals surface area contributed by atoms with Crippen molar-refractivity contribution < 1.29 is 9.53 Å². The van der Waals surface area contributed by atoms with Gasteiger partial charge in [0.05, 0.1) is 5.69 Å². The lowest BCUT2D eigenvalue weighted by atomic mass is 10.1. The van der Waals surface area contributed by atoms with Crippen LogP contribution < -0.4 is 15.6 Å². The van der Waals surface area contributed by atoms with Crippen LogP contribution in [0, 0.1) is 5.92 Å². The SMILES string of the molecule is CCc1nn2c(=O)cc(COc3ccc(NC(=O)CC(C)C)cc3)nc2s1. The molecule has 8 heteroatoms. The maximum atomic E-state index is 12.1. The van der Waals surface area contributed by atoms with Crippen LogP contribution in [0.4, 0.5) is 5.69 Å². The summed E-state index contributed by atoms with van der Waals surface area (Å²) in [6.07, 6.45) is 1.25. The van der Waals surface area contributed by atoms with Crippen LogP contribution in [-0.2, 0) is 17.8 Å². The smallest absolute Gasteiger partial charge is 0.275 e. The van der Waals surface area contributed by atoms with Gasteiger partial charge in [0.15, 0.2) is 0 Å². The highest BCUT2D eigenvalue weighted by molar-refractivity contribution is 7.16. The number of benzene rings is 1. The summed E-state index contributed by atoms with van der Waals surface area (Å²) in [4.78, 5) is 28.9. The van der Waals surface area contributed by atoms with Crippen molar-refractivity contribution in [2.24, 2.45) is 5.92 Å². The largest absolute Gasteiger partial charge is 0.487 e. The number of carbonyl (C=O) groups excluding carboxylic acids is 1. The predicted molar refractivity (Wildman–Crippen MR) is 105 cm³/mol. The summed E-state index contributed by atoms with van der Waals surface area (Å²) in [6, 6.07) is 8.56. The molecule has 1 aromatic carbocycles. The normalized spacial score (nSPS) is 11.1. The molecule has 3 aromatic rings. The second kappa shape index (κ2) is 8.30. The molecule has 0 spiro atoms. The zero-order valence-electron chi connectivity index (χ0n) is 15.6. The lowest BCUT2D eigenvalue weighted by Gasteiger charge is -2.09. The van der Waals surface area contributed by atoms with E-state index in [0.29, 0.717) is 28.7 Å². The topological polar surface area (TPSA) is 85.6 Å². The van der Waals surface area contributed by atoms with Crippen molar-refractivity contribution in [3.63, 3.8) is 0 Å². The molecule has 3 rings (SSSR count). The van der Waals surface area contributed by atoms with Crippen LogP contribution in [0.15, 0.2) is 35.1 Å². The molecule has 27 heavy (non-hydrogen) atoms. The number of hydrogen-bond acceptors (Lipinski definition) is 6. The van der Waals surface area contributed by atoms with Gasteiger partial charge in [0.25, 0.3) is 5.56 Å². The molecule has 0 radical (unpaired) electrons. The van der Waals surface area contributed by atoms with Crippen molar-refractivity contribution in [3.8, 4) is 5.75 Å². The summed E-state index contributed by atoms with van der Waals surface area (Å²) in [6.45, 7) is 6.18. The van der Waals surface area contributed by atoms with Crippen molar-refractivity contribution in [3.05, 3.63) is 51.4 Å². The molecule has 0 aliphatic heterocycles. The minimum absolute atomic E-state index is 0.00680. The second-order valence-electron chi connectivity index (χ2n) is 6.59. The fraction of sp³-hybridized carbons (Fsp3) is 0.368. The third-order valence-corrected chi connectivity index (χ3v) is 4.81. The van der Waals surface area contributed by atoms with E-state index in [-0.39, 0.29) is 18.1 Å². The molecule has 142 valence electrons. The monoisotopic (exact) mass is 386 g/mol. The number of aryl methyl sites for hydroxylation is 1. The zero-order valence-corrected chi connectivity index (χ0v) is 16.4. The first kappa shape index (κ1) is 19.0. The Labute approximate surface area is 161 Å². The van der Waals surface area contributed by atoms with E-state index >= 15 is 0 Å². The molecule has 0 saturated carbocycles. The highest BCUT2D eigenvalue weighted by Gasteiger charge is 2.09. The van der Waals surface area contributed by atoms with Crippen molar-refractivity contribution >= 4 is 27.9 Å². The molecular weight excluding hydrogens is 364 g/mol. The first-order valence-electron chi connectivity index (χ1n) is 8.86. The van der Waals surface area contributed by atoms with Gasteiger partial charge in [-0.15, -0.1) is 0 Å². The molecular formula is C19H22N4O3S. The van der Waals surface area contributed by atoms with Crippen LogP contribution in [-0.4, -0.2) is 20.5 Å². The minimum Gasteiger partial charge on any atom is -0.487 e. The number of carbonyl (C=O) groups is 1. The molecule has 1 amide bonds.